The second-order valence-electron chi connectivity index (χ2n) is 2.42. The van der Waals surface area contributed by atoms with E-state index in [4.69, 9.17) is 5.11 Å². The van der Waals surface area contributed by atoms with E-state index in [1.54, 1.807) is 0 Å². The van der Waals surface area contributed by atoms with Crippen molar-refractivity contribution < 1.29 is 81.7 Å². The maximum atomic E-state index is 10.1. The van der Waals surface area contributed by atoms with Crippen LogP contribution in [0.2, 0.25) is 0 Å². The van der Waals surface area contributed by atoms with E-state index in [-0.39, 0.29) is 46.9 Å². The van der Waals surface area contributed by atoms with Crippen LogP contribution in [-0.4, -0.2) is 28.6 Å². The number of carbonyl (C=O) groups excluding carboxylic acids is 3. The van der Waals surface area contributed by atoms with Crippen molar-refractivity contribution in [3.8, 4) is 0 Å². The van der Waals surface area contributed by atoms with E-state index in [1.165, 1.54) is 0 Å². The zero-order valence-corrected chi connectivity index (χ0v) is 11.0. The number of carboxylic acid groups (broad SMARTS) is 3. The number of rotatable bonds is 5. The molecule has 0 aliphatic carbocycles. The first-order chi connectivity index (χ1) is 5.78. The van der Waals surface area contributed by atoms with Gasteiger partial charge in [-0.05, 0) is 0 Å². The molecule has 7 nitrogen and oxygen atoms in total. The molecule has 77 valence electrons. The summed E-state index contributed by atoms with van der Waals surface area (Å²) in [6.45, 7) is 0. The Hall–Kier alpha value is -0.0975. The van der Waals surface area contributed by atoms with Gasteiger partial charge >= 0.3 is 46.9 Å². The molecule has 0 atom stereocenters. The fourth-order valence-corrected chi connectivity index (χ4v) is 0.684. The Bertz CT molecular complexity index is 238. The molecule has 0 bridgehead atoms. The average molecular weight is 264 g/mol. The van der Waals surface area contributed by atoms with Gasteiger partial charge in [-0.2, -0.15) is 0 Å². The molecule has 0 aliphatic rings. The molecule has 0 amide bonds. The summed E-state index contributed by atoms with van der Waals surface area (Å²) in [5, 5.41) is 38.9. The van der Waals surface area contributed by atoms with Crippen LogP contribution in [0.5, 0.6) is 0 Å². The summed E-state index contributed by atoms with van der Waals surface area (Å²) in [4.78, 5) is 30.0. The smallest absolute Gasteiger partial charge is 0.550 e. The SMILES string of the molecule is O=C([O-])CC(O)(CC(=O)[O-])C(=O)[O-].[Cr+3].[Na+]. The summed E-state index contributed by atoms with van der Waals surface area (Å²) in [7, 11) is 0. The van der Waals surface area contributed by atoms with Crippen molar-refractivity contribution in [2.75, 3.05) is 0 Å². The van der Waals surface area contributed by atoms with Crippen LogP contribution in [0.1, 0.15) is 12.8 Å². The Kier molecular flexibility index (Phi) is 11.0. The Morgan fingerprint density at radius 1 is 1.00 bits per heavy atom. The van der Waals surface area contributed by atoms with E-state index < -0.39 is 36.4 Å². The molecule has 9 heteroatoms. The van der Waals surface area contributed by atoms with Crippen molar-refractivity contribution in [3.63, 3.8) is 0 Å². The molecule has 0 aliphatic heterocycles. The zero-order chi connectivity index (χ0) is 10.6. The van der Waals surface area contributed by atoms with Crippen LogP contribution in [0, 0.1) is 0 Å². The second-order valence-corrected chi connectivity index (χ2v) is 2.42. The summed E-state index contributed by atoms with van der Waals surface area (Å²) in [6, 6.07) is 0. The molecule has 0 unspecified atom stereocenters. The molecule has 0 spiro atoms. The van der Waals surface area contributed by atoms with Crippen molar-refractivity contribution >= 4 is 17.9 Å². The number of hydrogen-bond donors (Lipinski definition) is 1. The molecule has 1 N–H and O–H groups in total. The summed E-state index contributed by atoms with van der Waals surface area (Å²) >= 11 is 0. The topological polar surface area (TPSA) is 141 Å². The van der Waals surface area contributed by atoms with Crippen LogP contribution >= 0.6 is 0 Å². The van der Waals surface area contributed by atoms with Crippen LogP contribution in [0.25, 0.3) is 0 Å². The molecule has 0 aromatic carbocycles. The molecule has 0 saturated carbocycles. The minimum atomic E-state index is -2.97. The van der Waals surface area contributed by atoms with E-state index in [1.807, 2.05) is 0 Å². The van der Waals surface area contributed by atoms with E-state index in [0.717, 1.165) is 0 Å². The van der Waals surface area contributed by atoms with Gasteiger partial charge in [0.05, 0.1) is 5.97 Å². The van der Waals surface area contributed by atoms with Crippen LogP contribution in [0.15, 0.2) is 0 Å². The Balaban J connectivity index is -0.000000720. The van der Waals surface area contributed by atoms with Crippen molar-refractivity contribution in [1.82, 2.24) is 0 Å². The van der Waals surface area contributed by atoms with E-state index in [9.17, 15) is 29.7 Å². The maximum Gasteiger partial charge on any atom is 3.00 e. The molecule has 1 radical (unpaired) electrons. The molecular formula is C6H5CrNaO7+. The van der Waals surface area contributed by atoms with Crippen LogP contribution in [0.4, 0.5) is 0 Å². The van der Waals surface area contributed by atoms with Crippen LogP contribution < -0.4 is 44.9 Å². The minimum absolute atomic E-state index is 0. The largest absolute Gasteiger partial charge is 3.00 e. The fraction of sp³-hybridized carbons (Fsp3) is 0.500. The quantitative estimate of drug-likeness (QED) is 0.486. The predicted octanol–water partition coefficient (Wildman–Crippen LogP) is -8.25. The molecule has 15 heavy (non-hydrogen) atoms. The Morgan fingerprint density at radius 3 is 1.40 bits per heavy atom. The number of carboxylic acids is 3. The third kappa shape index (κ3) is 7.79. The molecule has 0 rings (SSSR count). The zero-order valence-electron chi connectivity index (χ0n) is 7.72. The second kappa shape index (κ2) is 8.10. The van der Waals surface area contributed by atoms with Gasteiger partial charge in [-0.3, -0.25) is 0 Å². The third-order valence-electron chi connectivity index (χ3n) is 1.25. The molecule has 0 aromatic heterocycles. The fourth-order valence-electron chi connectivity index (χ4n) is 0.684. The van der Waals surface area contributed by atoms with Crippen LogP contribution in [0.3, 0.4) is 0 Å². The van der Waals surface area contributed by atoms with Crippen LogP contribution in [-0.2, 0) is 31.7 Å². The van der Waals surface area contributed by atoms with Gasteiger partial charge < -0.3 is 34.8 Å². The number of aliphatic carboxylic acids is 3. The van der Waals surface area contributed by atoms with Gasteiger partial charge in [0.2, 0.25) is 0 Å². The molecule has 0 saturated heterocycles. The van der Waals surface area contributed by atoms with Crippen molar-refractivity contribution in [2.45, 2.75) is 18.4 Å². The van der Waals surface area contributed by atoms with Gasteiger partial charge in [0.1, 0.15) is 5.60 Å². The summed E-state index contributed by atoms with van der Waals surface area (Å²) in [5.41, 5.74) is -2.97. The van der Waals surface area contributed by atoms with Gasteiger partial charge in [-0.25, -0.2) is 0 Å². The first-order valence-corrected chi connectivity index (χ1v) is 3.11. The summed E-state index contributed by atoms with van der Waals surface area (Å²) in [5.74, 6) is -5.98. The number of hydrogen-bond acceptors (Lipinski definition) is 7. The Morgan fingerprint density at radius 2 is 1.27 bits per heavy atom. The number of aliphatic hydroxyl groups is 1. The number of carbonyl (C=O) groups is 3. The van der Waals surface area contributed by atoms with Gasteiger partial charge in [-0.15, -0.1) is 0 Å². The average Bonchev–Trinajstić information content (AvgIpc) is 1.82. The standard InChI is InChI=1S/C6H8O7.Cr.Na/c7-3(8)1-6(13,5(11)12)2-4(9)10;;/h13H,1-2H2,(H,7,8)(H,9,10)(H,11,12);;/q;+3;+1/p-3. The first-order valence-electron chi connectivity index (χ1n) is 3.11. The minimum Gasteiger partial charge on any atom is -0.550 e. The van der Waals surface area contributed by atoms with Gasteiger partial charge in [0, 0.05) is 24.8 Å². The summed E-state index contributed by atoms with van der Waals surface area (Å²) < 4.78 is 0. The van der Waals surface area contributed by atoms with E-state index in [2.05, 4.69) is 0 Å². The predicted molar refractivity (Wildman–Crippen MR) is 29.2 cm³/mol. The molecule has 0 fully saturated rings. The molecule has 0 aromatic rings. The first kappa shape index (κ1) is 20.3. The Labute approximate surface area is 118 Å². The molecular weight excluding hydrogens is 259 g/mol. The van der Waals surface area contributed by atoms with Crippen molar-refractivity contribution in [3.05, 3.63) is 0 Å². The van der Waals surface area contributed by atoms with Gasteiger partial charge in [0.15, 0.2) is 0 Å². The van der Waals surface area contributed by atoms with Gasteiger partial charge in [-0.1, -0.05) is 0 Å². The van der Waals surface area contributed by atoms with Crippen molar-refractivity contribution in [1.29, 1.82) is 0 Å². The third-order valence-corrected chi connectivity index (χ3v) is 1.25. The van der Waals surface area contributed by atoms with E-state index in [0.29, 0.717) is 0 Å². The normalized spacial score (nSPS) is 9.40. The monoisotopic (exact) mass is 264 g/mol. The van der Waals surface area contributed by atoms with Crippen molar-refractivity contribution in [2.24, 2.45) is 0 Å². The maximum absolute atomic E-state index is 10.1. The van der Waals surface area contributed by atoms with E-state index >= 15 is 0 Å². The summed E-state index contributed by atoms with van der Waals surface area (Å²) in [6.07, 6.45) is -2.72. The molecule has 0 heterocycles. The van der Waals surface area contributed by atoms with Gasteiger partial charge in [0.25, 0.3) is 0 Å².